The third-order valence-electron chi connectivity index (χ3n) is 7.36. The van der Waals surface area contributed by atoms with E-state index in [9.17, 15) is 22.8 Å². The van der Waals surface area contributed by atoms with Crippen LogP contribution in [-0.2, 0) is 9.53 Å². The van der Waals surface area contributed by atoms with Crippen molar-refractivity contribution in [2.75, 3.05) is 31.6 Å². The van der Waals surface area contributed by atoms with Crippen molar-refractivity contribution in [3.8, 4) is 22.6 Å². The molecular formula is C28H22ClF4N5O4. The highest BCUT2D eigenvalue weighted by Crippen LogP contribution is 2.44. The van der Waals surface area contributed by atoms with Crippen LogP contribution in [0.15, 0.2) is 59.9 Å². The van der Waals surface area contributed by atoms with Crippen molar-refractivity contribution < 1.29 is 31.8 Å². The largest absolute Gasteiger partial charge is 0.573 e. The van der Waals surface area contributed by atoms with Crippen molar-refractivity contribution in [2.45, 2.75) is 24.7 Å². The summed E-state index contributed by atoms with van der Waals surface area (Å²) in [5.41, 5.74) is -1.42. The maximum atomic E-state index is 15.4. The summed E-state index contributed by atoms with van der Waals surface area (Å²) in [4.78, 5) is 36.8. The summed E-state index contributed by atoms with van der Waals surface area (Å²) in [5, 5.41) is 2.81. The molecule has 4 aromatic rings. The highest BCUT2D eigenvalue weighted by Gasteiger charge is 2.54. The number of carbonyl (C=O) groups excluding carboxylic acids is 1. The summed E-state index contributed by atoms with van der Waals surface area (Å²) < 4.78 is 65.6. The van der Waals surface area contributed by atoms with Gasteiger partial charge in [-0.15, -0.1) is 13.2 Å². The molecule has 0 spiro atoms. The molecule has 3 heterocycles. The van der Waals surface area contributed by atoms with Crippen LogP contribution in [0.3, 0.4) is 0 Å². The Kier molecular flexibility index (Phi) is 7.11. The first-order chi connectivity index (χ1) is 20.1. The molecule has 0 unspecified atom stereocenters. The molecule has 2 aliphatic rings. The Labute approximate surface area is 240 Å². The van der Waals surface area contributed by atoms with E-state index in [-0.39, 0.29) is 27.8 Å². The molecule has 2 fully saturated rings. The quantitative estimate of drug-likeness (QED) is 0.312. The van der Waals surface area contributed by atoms with Crippen LogP contribution in [0, 0.1) is 5.82 Å². The monoisotopic (exact) mass is 603 g/mol. The zero-order valence-electron chi connectivity index (χ0n) is 21.8. The van der Waals surface area contributed by atoms with E-state index >= 15 is 4.39 Å². The number of hydrogen-bond acceptors (Lipinski definition) is 7. The average Bonchev–Trinajstić information content (AvgIpc) is 3.77. The van der Waals surface area contributed by atoms with E-state index in [0.29, 0.717) is 49.7 Å². The number of nitrogens with zero attached hydrogens (tertiary/aromatic N) is 4. The fourth-order valence-corrected chi connectivity index (χ4v) is 5.32. The number of rotatable bonds is 6. The summed E-state index contributed by atoms with van der Waals surface area (Å²) in [6, 6.07) is 7.70. The molecule has 2 aromatic carbocycles. The van der Waals surface area contributed by atoms with Crippen LogP contribution in [-0.4, -0.2) is 63.5 Å². The number of morpholine rings is 1. The van der Waals surface area contributed by atoms with Gasteiger partial charge in [0.25, 0.3) is 5.56 Å². The molecule has 9 nitrogen and oxygen atoms in total. The third-order valence-corrected chi connectivity index (χ3v) is 7.57. The number of pyridine rings is 1. The standard InChI is InChI=1S/C28H22ClF4N5O4/c29-17-11-16(13-34-14-17)19-2-3-20-24(23(19)30)35-15-38(25(20)39)18-1-4-22(42-28(31,32)33)21(12-18)36-26(40)27(5-6-27)37-7-9-41-10-8-37/h1-4,11-15H,5-10H2,(H,36,40). The molecular weight excluding hydrogens is 582 g/mol. The molecule has 1 N–H and O–H groups in total. The minimum Gasteiger partial charge on any atom is -0.404 e. The van der Waals surface area contributed by atoms with Crippen LogP contribution < -0.4 is 15.6 Å². The summed E-state index contributed by atoms with van der Waals surface area (Å²) in [7, 11) is 0. The molecule has 1 aliphatic carbocycles. The minimum absolute atomic E-state index is 0.0702. The Hall–Kier alpha value is -4.07. The number of nitrogens with one attached hydrogen (secondary N) is 1. The minimum atomic E-state index is -5.03. The van der Waals surface area contributed by atoms with E-state index in [1.807, 2.05) is 4.90 Å². The normalized spacial score (nSPS) is 16.8. The Morgan fingerprint density at radius 2 is 1.86 bits per heavy atom. The van der Waals surface area contributed by atoms with Crippen molar-refractivity contribution in [1.82, 2.24) is 19.4 Å². The Bertz CT molecular complexity index is 1750. The molecule has 218 valence electrons. The summed E-state index contributed by atoms with van der Waals surface area (Å²) in [5.74, 6) is -1.90. The van der Waals surface area contributed by atoms with E-state index in [0.717, 1.165) is 17.0 Å². The Morgan fingerprint density at radius 3 is 2.55 bits per heavy atom. The maximum absolute atomic E-state index is 15.4. The number of amides is 1. The molecule has 1 amide bonds. The van der Waals surface area contributed by atoms with Crippen molar-refractivity contribution in [3.63, 3.8) is 0 Å². The van der Waals surface area contributed by atoms with Gasteiger partial charge in [-0.1, -0.05) is 17.7 Å². The number of carbonyl (C=O) groups is 1. The molecule has 6 rings (SSSR count). The van der Waals surface area contributed by atoms with Gasteiger partial charge < -0.3 is 14.8 Å². The lowest BCUT2D eigenvalue weighted by Gasteiger charge is -2.34. The number of hydrogen-bond donors (Lipinski definition) is 1. The molecule has 1 aliphatic heterocycles. The van der Waals surface area contributed by atoms with Gasteiger partial charge in [0, 0.05) is 36.6 Å². The molecule has 0 atom stereocenters. The zero-order chi connectivity index (χ0) is 29.6. The first-order valence-electron chi connectivity index (χ1n) is 12.9. The van der Waals surface area contributed by atoms with Crippen LogP contribution in [0.2, 0.25) is 5.02 Å². The van der Waals surface area contributed by atoms with Crippen LogP contribution >= 0.6 is 11.6 Å². The SMILES string of the molecule is O=C(Nc1cc(-n2cnc3c(F)c(-c4cncc(Cl)c4)ccc3c2=O)ccc1OC(F)(F)F)C1(N2CCOCC2)CC1. The van der Waals surface area contributed by atoms with E-state index in [1.54, 1.807) is 0 Å². The van der Waals surface area contributed by atoms with Crippen molar-refractivity contribution in [3.05, 3.63) is 76.3 Å². The van der Waals surface area contributed by atoms with Crippen molar-refractivity contribution in [1.29, 1.82) is 0 Å². The third kappa shape index (κ3) is 5.30. The lowest BCUT2D eigenvalue weighted by Crippen LogP contribution is -2.51. The van der Waals surface area contributed by atoms with Crippen LogP contribution in [0.25, 0.3) is 27.7 Å². The summed E-state index contributed by atoms with van der Waals surface area (Å²) in [6.45, 7) is 1.93. The van der Waals surface area contributed by atoms with Gasteiger partial charge in [0.2, 0.25) is 5.91 Å². The number of anilines is 1. The fourth-order valence-electron chi connectivity index (χ4n) is 5.14. The van der Waals surface area contributed by atoms with Crippen molar-refractivity contribution in [2.24, 2.45) is 0 Å². The van der Waals surface area contributed by atoms with E-state index in [4.69, 9.17) is 16.3 Å². The number of aromatic nitrogens is 3. The molecule has 1 saturated heterocycles. The van der Waals surface area contributed by atoms with Gasteiger partial charge in [-0.05, 0) is 43.2 Å². The molecule has 1 saturated carbocycles. The van der Waals surface area contributed by atoms with E-state index in [1.165, 1.54) is 42.7 Å². The second-order valence-electron chi connectivity index (χ2n) is 9.95. The average molecular weight is 604 g/mol. The van der Waals surface area contributed by atoms with Gasteiger partial charge in [-0.25, -0.2) is 9.37 Å². The molecule has 0 bridgehead atoms. The van der Waals surface area contributed by atoms with Crippen LogP contribution in [0.5, 0.6) is 5.75 Å². The van der Waals surface area contributed by atoms with Gasteiger partial charge in [-0.3, -0.25) is 24.0 Å². The molecule has 14 heteroatoms. The highest BCUT2D eigenvalue weighted by molar-refractivity contribution is 6.30. The Morgan fingerprint density at radius 1 is 1.10 bits per heavy atom. The number of fused-ring (bicyclic) bond motifs is 1. The summed E-state index contributed by atoms with van der Waals surface area (Å²) in [6.07, 6.45) is -0.0629. The lowest BCUT2D eigenvalue weighted by atomic mass is 10.0. The topological polar surface area (TPSA) is 98.6 Å². The number of halogens is 5. The van der Waals surface area contributed by atoms with Crippen molar-refractivity contribution >= 4 is 34.1 Å². The van der Waals surface area contributed by atoms with E-state index < -0.39 is 34.9 Å². The van der Waals surface area contributed by atoms with Gasteiger partial charge in [-0.2, -0.15) is 0 Å². The predicted molar refractivity (Wildman–Crippen MR) is 145 cm³/mol. The predicted octanol–water partition coefficient (Wildman–Crippen LogP) is 4.94. The number of alkyl halides is 3. The van der Waals surface area contributed by atoms with Gasteiger partial charge in [0.1, 0.15) is 17.4 Å². The number of benzene rings is 2. The second kappa shape index (κ2) is 10.6. The molecule has 42 heavy (non-hydrogen) atoms. The lowest BCUT2D eigenvalue weighted by molar-refractivity contribution is -0.274. The summed E-state index contributed by atoms with van der Waals surface area (Å²) >= 11 is 5.98. The zero-order valence-corrected chi connectivity index (χ0v) is 22.5. The second-order valence-corrected chi connectivity index (χ2v) is 10.4. The fraction of sp³-hybridized carbons (Fsp3) is 0.286. The number of ether oxygens (including phenoxy) is 2. The molecule has 2 aromatic heterocycles. The Balaban J connectivity index is 1.37. The first-order valence-corrected chi connectivity index (χ1v) is 13.3. The molecule has 0 radical (unpaired) electrons. The van der Waals surface area contributed by atoms with E-state index in [2.05, 4.69) is 20.0 Å². The smallest absolute Gasteiger partial charge is 0.404 e. The first kappa shape index (κ1) is 28.1. The highest BCUT2D eigenvalue weighted by atomic mass is 35.5. The van der Waals surface area contributed by atoms with Gasteiger partial charge in [0.05, 0.1) is 35.0 Å². The van der Waals surface area contributed by atoms with Gasteiger partial charge >= 0.3 is 6.36 Å². The van der Waals surface area contributed by atoms with Gasteiger partial charge in [0.15, 0.2) is 11.6 Å². The van der Waals surface area contributed by atoms with Crippen LogP contribution in [0.1, 0.15) is 12.8 Å². The van der Waals surface area contributed by atoms with Crippen LogP contribution in [0.4, 0.5) is 23.2 Å². The maximum Gasteiger partial charge on any atom is 0.573 e.